The normalized spacial score (nSPS) is 10.8. The van der Waals surface area contributed by atoms with Gasteiger partial charge in [0, 0.05) is 10.9 Å². The van der Waals surface area contributed by atoms with Gasteiger partial charge in [0.15, 0.2) is 0 Å². The fraction of sp³-hybridized carbons (Fsp3) is 0.182. The van der Waals surface area contributed by atoms with Crippen LogP contribution in [0.2, 0.25) is 0 Å². The standard InChI is InChI=1S/C22H17F3N2O2S/c1-15-7-9-18(10-8-15)29-13-20-27-19(14-30-20)21(28)26-11-3-5-16-4-2-6-17(12-16)22(23,24)25/h2,4,6-10,12,14H,11,13H2,1H3,(H,26,28). The number of aryl methyl sites for hydroxylation is 1. The Labute approximate surface area is 175 Å². The number of alkyl halides is 3. The van der Waals surface area contributed by atoms with Gasteiger partial charge in [-0.3, -0.25) is 4.79 Å². The predicted octanol–water partition coefficient (Wildman–Crippen LogP) is 4.83. The van der Waals surface area contributed by atoms with Crippen molar-refractivity contribution in [3.63, 3.8) is 0 Å². The molecule has 3 aromatic rings. The maximum atomic E-state index is 12.7. The van der Waals surface area contributed by atoms with Crippen LogP contribution in [0.15, 0.2) is 53.9 Å². The number of halogens is 3. The lowest BCUT2D eigenvalue weighted by molar-refractivity contribution is -0.137. The summed E-state index contributed by atoms with van der Waals surface area (Å²) in [6.45, 7) is 2.22. The lowest BCUT2D eigenvalue weighted by Gasteiger charge is -2.05. The van der Waals surface area contributed by atoms with Gasteiger partial charge in [0.05, 0.1) is 12.1 Å². The first-order valence-corrected chi connectivity index (χ1v) is 9.77. The molecule has 2 aromatic carbocycles. The molecule has 4 nitrogen and oxygen atoms in total. The molecule has 0 saturated carbocycles. The van der Waals surface area contributed by atoms with Crippen LogP contribution in [0.4, 0.5) is 13.2 Å². The second-order valence-electron chi connectivity index (χ2n) is 6.29. The number of thiazole rings is 1. The van der Waals surface area contributed by atoms with Gasteiger partial charge in [0.25, 0.3) is 5.91 Å². The highest BCUT2D eigenvalue weighted by molar-refractivity contribution is 7.09. The average Bonchev–Trinajstić information content (AvgIpc) is 3.19. The molecule has 0 saturated heterocycles. The van der Waals surface area contributed by atoms with E-state index in [4.69, 9.17) is 4.74 Å². The number of aromatic nitrogens is 1. The predicted molar refractivity (Wildman–Crippen MR) is 108 cm³/mol. The summed E-state index contributed by atoms with van der Waals surface area (Å²) in [5.74, 6) is 5.55. The molecule has 8 heteroatoms. The molecule has 0 unspecified atom stereocenters. The third-order valence-electron chi connectivity index (χ3n) is 3.93. The maximum Gasteiger partial charge on any atom is 0.416 e. The Kier molecular flexibility index (Phi) is 6.75. The molecule has 1 N–H and O–H groups in total. The molecule has 0 aliphatic rings. The third-order valence-corrected chi connectivity index (χ3v) is 4.75. The van der Waals surface area contributed by atoms with E-state index in [9.17, 15) is 18.0 Å². The number of rotatable bonds is 5. The number of nitrogens with zero attached hydrogens (tertiary/aromatic N) is 1. The Morgan fingerprint density at radius 2 is 1.97 bits per heavy atom. The van der Waals surface area contributed by atoms with Gasteiger partial charge in [0.1, 0.15) is 23.1 Å². The Morgan fingerprint density at radius 3 is 2.70 bits per heavy atom. The number of ether oxygens (including phenoxy) is 1. The van der Waals surface area contributed by atoms with E-state index < -0.39 is 17.6 Å². The molecule has 0 bridgehead atoms. The lowest BCUT2D eigenvalue weighted by atomic mass is 10.1. The average molecular weight is 430 g/mol. The highest BCUT2D eigenvalue weighted by Gasteiger charge is 2.30. The topological polar surface area (TPSA) is 51.2 Å². The first-order chi connectivity index (χ1) is 14.3. The molecule has 30 heavy (non-hydrogen) atoms. The van der Waals surface area contributed by atoms with Crippen molar-refractivity contribution in [2.45, 2.75) is 19.7 Å². The van der Waals surface area contributed by atoms with Crippen LogP contribution in [-0.2, 0) is 12.8 Å². The van der Waals surface area contributed by atoms with Crippen molar-refractivity contribution in [1.82, 2.24) is 10.3 Å². The summed E-state index contributed by atoms with van der Waals surface area (Å²) in [5, 5.41) is 4.84. The van der Waals surface area contributed by atoms with E-state index in [2.05, 4.69) is 22.1 Å². The maximum absolute atomic E-state index is 12.7. The number of nitrogens with one attached hydrogen (secondary N) is 1. The van der Waals surface area contributed by atoms with E-state index >= 15 is 0 Å². The molecule has 0 spiro atoms. The summed E-state index contributed by atoms with van der Waals surface area (Å²) in [6.07, 6.45) is -4.42. The molecule has 0 aliphatic heterocycles. The SMILES string of the molecule is Cc1ccc(OCc2nc(C(=O)NCC#Cc3cccc(C(F)(F)F)c3)cs2)cc1. The summed E-state index contributed by atoms with van der Waals surface area (Å²) in [6, 6.07) is 12.3. The Morgan fingerprint density at radius 1 is 1.20 bits per heavy atom. The van der Waals surface area contributed by atoms with Gasteiger partial charge in [-0.05, 0) is 37.3 Å². The van der Waals surface area contributed by atoms with Crippen LogP contribution in [0.5, 0.6) is 5.75 Å². The second-order valence-corrected chi connectivity index (χ2v) is 7.23. The van der Waals surface area contributed by atoms with Gasteiger partial charge in [-0.2, -0.15) is 13.2 Å². The monoisotopic (exact) mass is 430 g/mol. The van der Waals surface area contributed by atoms with Crippen LogP contribution in [0.25, 0.3) is 0 Å². The fourth-order valence-electron chi connectivity index (χ4n) is 2.40. The zero-order chi connectivity index (χ0) is 21.6. The number of hydrogen-bond donors (Lipinski definition) is 1. The fourth-order valence-corrected chi connectivity index (χ4v) is 3.08. The van der Waals surface area contributed by atoms with Gasteiger partial charge in [-0.15, -0.1) is 11.3 Å². The van der Waals surface area contributed by atoms with Crippen molar-refractivity contribution in [2.75, 3.05) is 6.54 Å². The van der Waals surface area contributed by atoms with Crippen molar-refractivity contribution in [3.05, 3.63) is 81.3 Å². The summed E-state index contributed by atoms with van der Waals surface area (Å²) in [4.78, 5) is 16.4. The van der Waals surface area contributed by atoms with E-state index in [1.54, 1.807) is 5.38 Å². The largest absolute Gasteiger partial charge is 0.486 e. The Hall–Kier alpha value is -3.31. The van der Waals surface area contributed by atoms with Gasteiger partial charge in [0.2, 0.25) is 0 Å². The van der Waals surface area contributed by atoms with Gasteiger partial charge in [-0.1, -0.05) is 35.6 Å². The molecule has 1 amide bonds. The molecular formula is C22H17F3N2O2S. The summed E-state index contributed by atoms with van der Waals surface area (Å²) < 4.78 is 43.7. The van der Waals surface area contributed by atoms with Crippen LogP contribution in [0.1, 0.15) is 32.2 Å². The molecule has 1 aromatic heterocycles. The van der Waals surface area contributed by atoms with Crippen molar-refractivity contribution >= 4 is 17.2 Å². The van der Waals surface area contributed by atoms with E-state index in [1.807, 2.05) is 31.2 Å². The van der Waals surface area contributed by atoms with Crippen LogP contribution < -0.4 is 10.1 Å². The van der Waals surface area contributed by atoms with Crippen molar-refractivity contribution in [3.8, 4) is 17.6 Å². The zero-order valence-corrected chi connectivity index (χ0v) is 16.7. The molecule has 0 radical (unpaired) electrons. The Bertz CT molecular complexity index is 1080. The lowest BCUT2D eigenvalue weighted by Crippen LogP contribution is -2.24. The number of amides is 1. The van der Waals surface area contributed by atoms with Gasteiger partial charge in [-0.25, -0.2) is 4.98 Å². The summed E-state index contributed by atoms with van der Waals surface area (Å²) >= 11 is 1.30. The van der Waals surface area contributed by atoms with Crippen molar-refractivity contribution in [2.24, 2.45) is 0 Å². The molecule has 154 valence electrons. The smallest absolute Gasteiger partial charge is 0.416 e. The van der Waals surface area contributed by atoms with Gasteiger partial charge >= 0.3 is 6.18 Å². The van der Waals surface area contributed by atoms with E-state index in [0.29, 0.717) is 10.8 Å². The first kappa shape index (κ1) is 21.4. The molecule has 0 atom stereocenters. The van der Waals surface area contributed by atoms with E-state index in [-0.39, 0.29) is 24.4 Å². The molecule has 1 heterocycles. The quantitative estimate of drug-likeness (QED) is 0.590. The minimum atomic E-state index is -4.42. The number of benzene rings is 2. The minimum absolute atomic E-state index is 0.0121. The zero-order valence-electron chi connectivity index (χ0n) is 15.9. The highest BCUT2D eigenvalue weighted by atomic mass is 32.1. The van der Waals surface area contributed by atoms with E-state index in [0.717, 1.165) is 17.7 Å². The first-order valence-electron chi connectivity index (χ1n) is 8.89. The highest BCUT2D eigenvalue weighted by Crippen LogP contribution is 2.29. The van der Waals surface area contributed by atoms with Crippen LogP contribution in [-0.4, -0.2) is 17.4 Å². The second kappa shape index (κ2) is 9.46. The Balaban J connectivity index is 1.50. The molecule has 3 rings (SSSR count). The molecular weight excluding hydrogens is 413 g/mol. The molecule has 0 aliphatic carbocycles. The third kappa shape index (κ3) is 6.09. The van der Waals surface area contributed by atoms with Gasteiger partial charge < -0.3 is 10.1 Å². The van der Waals surface area contributed by atoms with Crippen LogP contribution in [0, 0.1) is 18.8 Å². The minimum Gasteiger partial charge on any atom is -0.486 e. The van der Waals surface area contributed by atoms with Crippen molar-refractivity contribution < 1.29 is 22.7 Å². The van der Waals surface area contributed by atoms with Crippen molar-refractivity contribution in [1.29, 1.82) is 0 Å². The van der Waals surface area contributed by atoms with E-state index in [1.165, 1.54) is 23.5 Å². The van der Waals surface area contributed by atoms with Crippen LogP contribution in [0.3, 0.4) is 0 Å². The number of carbonyl (C=O) groups excluding carboxylic acids is 1. The molecule has 0 fully saturated rings. The number of hydrogen-bond acceptors (Lipinski definition) is 4. The summed E-state index contributed by atoms with van der Waals surface area (Å²) in [5.41, 5.74) is 0.833. The summed E-state index contributed by atoms with van der Waals surface area (Å²) in [7, 11) is 0. The number of carbonyl (C=O) groups is 1. The van der Waals surface area contributed by atoms with Crippen LogP contribution >= 0.6 is 11.3 Å².